The van der Waals surface area contributed by atoms with Crippen LogP contribution in [0.5, 0.6) is 5.75 Å². The van der Waals surface area contributed by atoms with Gasteiger partial charge in [-0.05, 0) is 48.9 Å². The van der Waals surface area contributed by atoms with E-state index < -0.39 is 11.6 Å². The van der Waals surface area contributed by atoms with Crippen molar-refractivity contribution in [3.8, 4) is 5.75 Å². The van der Waals surface area contributed by atoms with Crippen molar-refractivity contribution in [3.05, 3.63) is 77.1 Å². The first-order valence-corrected chi connectivity index (χ1v) is 7.98. The second kappa shape index (κ2) is 8.47. The van der Waals surface area contributed by atoms with Gasteiger partial charge >= 0.3 is 0 Å². The SMILES string of the molecule is C/C=C/Oc1ccc(CCc2ccc(CCC)cc2)c(F)c1F. The van der Waals surface area contributed by atoms with Gasteiger partial charge in [-0.2, -0.15) is 4.39 Å². The van der Waals surface area contributed by atoms with Gasteiger partial charge in [0.1, 0.15) is 0 Å². The summed E-state index contributed by atoms with van der Waals surface area (Å²) < 4.78 is 33.0. The summed E-state index contributed by atoms with van der Waals surface area (Å²) in [4.78, 5) is 0. The van der Waals surface area contributed by atoms with Gasteiger partial charge in [0.05, 0.1) is 6.26 Å². The fourth-order valence-electron chi connectivity index (χ4n) is 2.44. The van der Waals surface area contributed by atoms with Crippen LogP contribution in [-0.2, 0) is 19.3 Å². The molecule has 0 amide bonds. The zero-order valence-electron chi connectivity index (χ0n) is 13.6. The maximum absolute atomic E-state index is 14.1. The molecule has 0 fully saturated rings. The standard InChI is InChI=1S/C20H22F2O/c1-3-5-15-6-8-16(9-7-15)10-11-17-12-13-18(23-14-4-2)20(22)19(17)21/h4,6-9,12-14H,3,5,10-11H2,1-2H3/b14-4+. The summed E-state index contributed by atoms with van der Waals surface area (Å²) in [5, 5.41) is 0. The van der Waals surface area contributed by atoms with Gasteiger partial charge in [0, 0.05) is 0 Å². The Morgan fingerprint density at radius 2 is 1.52 bits per heavy atom. The predicted octanol–water partition coefficient (Wildman–Crippen LogP) is 5.61. The van der Waals surface area contributed by atoms with E-state index in [0.29, 0.717) is 18.4 Å². The first kappa shape index (κ1) is 17.2. The second-order valence-electron chi connectivity index (χ2n) is 5.50. The summed E-state index contributed by atoms with van der Waals surface area (Å²) in [5.41, 5.74) is 2.80. The van der Waals surface area contributed by atoms with Crippen LogP contribution in [0.4, 0.5) is 8.78 Å². The smallest absolute Gasteiger partial charge is 0.201 e. The van der Waals surface area contributed by atoms with E-state index in [-0.39, 0.29) is 5.75 Å². The van der Waals surface area contributed by atoms with Crippen molar-refractivity contribution in [1.29, 1.82) is 0 Å². The van der Waals surface area contributed by atoms with Crippen molar-refractivity contribution in [3.63, 3.8) is 0 Å². The molecular weight excluding hydrogens is 294 g/mol. The topological polar surface area (TPSA) is 9.23 Å². The quantitative estimate of drug-likeness (QED) is 0.603. The molecule has 0 saturated carbocycles. The summed E-state index contributed by atoms with van der Waals surface area (Å²) in [6.45, 7) is 3.89. The van der Waals surface area contributed by atoms with Gasteiger partial charge < -0.3 is 4.74 Å². The first-order chi connectivity index (χ1) is 11.2. The predicted molar refractivity (Wildman–Crippen MR) is 89.6 cm³/mol. The molecule has 0 unspecified atom stereocenters. The third-order valence-electron chi connectivity index (χ3n) is 3.70. The van der Waals surface area contributed by atoms with Crippen LogP contribution in [0.15, 0.2) is 48.7 Å². The molecule has 3 heteroatoms. The van der Waals surface area contributed by atoms with Crippen molar-refractivity contribution in [2.24, 2.45) is 0 Å². The van der Waals surface area contributed by atoms with E-state index >= 15 is 0 Å². The number of rotatable bonds is 7. The molecule has 0 spiro atoms. The van der Waals surface area contributed by atoms with Gasteiger partial charge in [-0.15, -0.1) is 0 Å². The molecule has 2 aromatic carbocycles. The van der Waals surface area contributed by atoms with Gasteiger partial charge in [0.15, 0.2) is 11.6 Å². The Kier molecular flexibility index (Phi) is 6.33. The highest BCUT2D eigenvalue weighted by Gasteiger charge is 2.14. The van der Waals surface area contributed by atoms with E-state index in [1.165, 1.54) is 17.9 Å². The number of ether oxygens (including phenoxy) is 1. The van der Waals surface area contributed by atoms with Gasteiger partial charge in [0.2, 0.25) is 5.82 Å². The maximum Gasteiger partial charge on any atom is 0.201 e. The van der Waals surface area contributed by atoms with Crippen LogP contribution in [0.2, 0.25) is 0 Å². The molecule has 0 heterocycles. The Hall–Kier alpha value is -2.16. The molecule has 2 aromatic rings. The molecule has 0 aromatic heterocycles. The number of benzene rings is 2. The fourth-order valence-corrected chi connectivity index (χ4v) is 2.44. The normalized spacial score (nSPS) is 11.1. The Morgan fingerprint density at radius 1 is 0.870 bits per heavy atom. The third-order valence-corrected chi connectivity index (χ3v) is 3.70. The van der Waals surface area contributed by atoms with Gasteiger partial charge in [-0.25, -0.2) is 4.39 Å². The number of halogens is 2. The minimum atomic E-state index is -0.932. The van der Waals surface area contributed by atoms with E-state index in [4.69, 9.17) is 4.74 Å². The molecule has 2 rings (SSSR count). The lowest BCUT2D eigenvalue weighted by molar-refractivity contribution is 0.411. The fraction of sp³-hybridized carbons (Fsp3) is 0.300. The molecule has 0 aliphatic heterocycles. The lowest BCUT2D eigenvalue weighted by Crippen LogP contribution is -2.00. The molecule has 0 aliphatic carbocycles. The summed E-state index contributed by atoms with van der Waals surface area (Å²) in [7, 11) is 0. The Morgan fingerprint density at radius 3 is 2.13 bits per heavy atom. The molecular formula is C20H22F2O. The highest BCUT2D eigenvalue weighted by molar-refractivity contribution is 5.32. The molecule has 0 N–H and O–H groups in total. The molecule has 0 aliphatic rings. The maximum atomic E-state index is 14.1. The van der Waals surface area contributed by atoms with E-state index in [1.54, 1.807) is 19.1 Å². The van der Waals surface area contributed by atoms with Crippen LogP contribution in [0, 0.1) is 11.6 Å². The van der Waals surface area contributed by atoms with E-state index in [9.17, 15) is 8.78 Å². The Labute approximate surface area is 136 Å². The molecule has 23 heavy (non-hydrogen) atoms. The average molecular weight is 316 g/mol. The second-order valence-corrected chi connectivity index (χ2v) is 5.50. The van der Waals surface area contributed by atoms with E-state index in [1.807, 2.05) is 0 Å². The molecule has 1 nitrogen and oxygen atoms in total. The van der Waals surface area contributed by atoms with E-state index in [0.717, 1.165) is 18.4 Å². The van der Waals surface area contributed by atoms with Gasteiger partial charge in [0.25, 0.3) is 0 Å². The first-order valence-electron chi connectivity index (χ1n) is 7.98. The summed E-state index contributed by atoms with van der Waals surface area (Å²) >= 11 is 0. The molecule has 122 valence electrons. The minimum Gasteiger partial charge on any atom is -0.462 e. The summed E-state index contributed by atoms with van der Waals surface area (Å²) in [5.74, 6) is -1.85. The highest BCUT2D eigenvalue weighted by Crippen LogP contribution is 2.24. The van der Waals surface area contributed by atoms with Crippen LogP contribution < -0.4 is 4.74 Å². The lowest BCUT2D eigenvalue weighted by atomic mass is 10.0. The molecule has 0 bridgehead atoms. The molecule has 0 atom stereocenters. The molecule has 0 radical (unpaired) electrons. The summed E-state index contributed by atoms with van der Waals surface area (Å²) in [6.07, 6.45) is 6.26. The number of aryl methyl sites for hydroxylation is 3. The van der Waals surface area contributed by atoms with Crippen molar-refractivity contribution < 1.29 is 13.5 Å². The Balaban J connectivity index is 2.04. The molecule has 0 saturated heterocycles. The van der Waals surface area contributed by atoms with Crippen molar-refractivity contribution in [2.45, 2.75) is 39.5 Å². The number of hydrogen-bond donors (Lipinski definition) is 0. The largest absolute Gasteiger partial charge is 0.462 e. The van der Waals surface area contributed by atoms with Gasteiger partial charge in [-0.1, -0.05) is 49.8 Å². The zero-order valence-corrected chi connectivity index (χ0v) is 13.6. The Bertz CT molecular complexity index is 660. The highest BCUT2D eigenvalue weighted by atomic mass is 19.2. The van der Waals surface area contributed by atoms with Crippen molar-refractivity contribution in [1.82, 2.24) is 0 Å². The average Bonchev–Trinajstić information content (AvgIpc) is 2.57. The van der Waals surface area contributed by atoms with Crippen LogP contribution in [0.1, 0.15) is 37.0 Å². The monoisotopic (exact) mass is 316 g/mol. The van der Waals surface area contributed by atoms with Crippen LogP contribution in [0.3, 0.4) is 0 Å². The minimum absolute atomic E-state index is 0.0896. The van der Waals surface area contributed by atoms with Crippen LogP contribution >= 0.6 is 0 Å². The van der Waals surface area contributed by atoms with Crippen molar-refractivity contribution in [2.75, 3.05) is 0 Å². The van der Waals surface area contributed by atoms with Crippen LogP contribution in [-0.4, -0.2) is 0 Å². The number of hydrogen-bond acceptors (Lipinski definition) is 1. The van der Waals surface area contributed by atoms with Crippen LogP contribution in [0.25, 0.3) is 0 Å². The number of allylic oxidation sites excluding steroid dienone is 1. The zero-order chi connectivity index (χ0) is 16.7. The summed E-state index contributed by atoms with van der Waals surface area (Å²) in [6, 6.07) is 11.4. The third kappa shape index (κ3) is 4.65. The van der Waals surface area contributed by atoms with E-state index in [2.05, 4.69) is 31.2 Å². The lowest BCUT2D eigenvalue weighted by Gasteiger charge is -2.08. The van der Waals surface area contributed by atoms with Crippen molar-refractivity contribution >= 4 is 0 Å². The van der Waals surface area contributed by atoms with Gasteiger partial charge in [-0.3, -0.25) is 0 Å².